The molecule has 12 nitrogen and oxygen atoms in total. The molecule has 254 valence electrons. The molecule has 2 fully saturated rings. The minimum atomic E-state index is -1.77. The molecular formula is C36H39NO11. The zero-order valence-electron chi connectivity index (χ0n) is 26.0. The number of benzene rings is 3. The highest BCUT2D eigenvalue weighted by atomic mass is 16.7. The second-order valence-corrected chi connectivity index (χ2v) is 12.8. The average Bonchev–Trinajstić information content (AvgIpc) is 3.68. The molecule has 1 saturated heterocycles. The Morgan fingerprint density at radius 2 is 1.62 bits per heavy atom. The smallest absolute Gasteiger partial charge is 0.327 e. The van der Waals surface area contributed by atoms with Gasteiger partial charge in [-0.2, -0.15) is 0 Å². The minimum Gasteiger partial charge on any atom is -0.508 e. The molecule has 1 amide bonds. The molecule has 7 unspecified atom stereocenters. The third-order valence-electron chi connectivity index (χ3n) is 9.88. The highest BCUT2D eigenvalue weighted by Gasteiger charge is 2.51. The summed E-state index contributed by atoms with van der Waals surface area (Å²) in [5.41, 5.74) is 1.91. The van der Waals surface area contributed by atoms with Crippen LogP contribution in [0.25, 0.3) is 6.08 Å². The third kappa shape index (κ3) is 6.25. The molecule has 0 aromatic heterocycles. The molecule has 0 bridgehead atoms. The molecule has 3 aromatic rings. The van der Waals surface area contributed by atoms with Crippen molar-refractivity contribution in [3.8, 4) is 17.2 Å². The molecule has 2 heterocycles. The standard InChI is InChI=1S/C36H39NO11/c38-19-28-31(42)32(43)33(44)35(48-28)47-27-17-25-23(16-26(27)40)24(18-36(14-4-5-15-36)21-6-2-1-3-7-21)30(34(45)46)37(25)29(41)13-10-20-8-11-22(39)12-9-20/h1-3,6-13,16-17,24,28,30-33,35,38-40,42-44H,4-5,14-15,18-19H2,(H,45,46). The molecule has 12 heteroatoms. The summed E-state index contributed by atoms with van der Waals surface area (Å²) in [6.45, 7) is -0.693. The normalized spacial score (nSPS) is 28.0. The summed E-state index contributed by atoms with van der Waals surface area (Å²) in [6, 6.07) is 17.3. The number of nitrogens with zero attached hydrogens (tertiary/aromatic N) is 1. The fourth-order valence-corrected chi connectivity index (χ4v) is 7.43. The highest BCUT2D eigenvalue weighted by Crippen LogP contribution is 2.54. The Kier molecular flexibility index (Phi) is 9.46. The monoisotopic (exact) mass is 661 g/mol. The van der Waals surface area contributed by atoms with E-state index >= 15 is 0 Å². The number of aliphatic hydroxyl groups is 4. The van der Waals surface area contributed by atoms with Crippen molar-refractivity contribution in [1.82, 2.24) is 0 Å². The predicted molar refractivity (Wildman–Crippen MR) is 172 cm³/mol. The number of carbonyl (C=O) groups is 2. The second kappa shape index (κ2) is 13.6. The number of anilines is 1. The van der Waals surface area contributed by atoms with Crippen LogP contribution in [-0.4, -0.2) is 91.0 Å². The minimum absolute atomic E-state index is 0.0479. The molecule has 3 aliphatic rings. The van der Waals surface area contributed by atoms with Gasteiger partial charge in [0.1, 0.15) is 36.2 Å². The van der Waals surface area contributed by atoms with Crippen LogP contribution >= 0.6 is 0 Å². The van der Waals surface area contributed by atoms with E-state index in [0.717, 1.165) is 36.1 Å². The van der Waals surface area contributed by atoms with E-state index in [9.17, 15) is 45.3 Å². The fourth-order valence-electron chi connectivity index (χ4n) is 7.43. The number of carbonyl (C=O) groups excluding carboxylic acids is 1. The van der Waals surface area contributed by atoms with Crippen LogP contribution in [0.4, 0.5) is 5.69 Å². The molecule has 2 aliphatic heterocycles. The van der Waals surface area contributed by atoms with E-state index in [1.54, 1.807) is 12.1 Å². The van der Waals surface area contributed by atoms with Crippen LogP contribution < -0.4 is 9.64 Å². The van der Waals surface area contributed by atoms with Crippen molar-refractivity contribution >= 4 is 23.6 Å². The summed E-state index contributed by atoms with van der Waals surface area (Å²) in [6.07, 6.45) is -1.33. The van der Waals surface area contributed by atoms with Crippen LogP contribution in [0.2, 0.25) is 0 Å². The summed E-state index contributed by atoms with van der Waals surface area (Å²) < 4.78 is 11.2. The Morgan fingerprint density at radius 1 is 0.938 bits per heavy atom. The van der Waals surface area contributed by atoms with Gasteiger partial charge < -0.3 is 45.2 Å². The van der Waals surface area contributed by atoms with Crippen LogP contribution in [0.5, 0.6) is 17.2 Å². The van der Waals surface area contributed by atoms with Crippen molar-refractivity contribution in [1.29, 1.82) is 0 Å². The number of carboxylic acid groups (broad SMARTS) is 1. The lowest BCUT2D eigenvalue weighted by atomic mass is 9.70. The van der Waals surface area contributed by atoms with Gasteiger partial charge in [-0.25, -0.2) is 4.79 Å². The average molecular weight is 662 g/mol. The lowest BCUT2D eigenvalue weighted by molar-refractivity contribution is -0.277. The lowest BCUT2D eigenvalue weighted by Gasteiger charge is -2.39. The molecule has 3 aromatic carbocycles. The number of rotatable bonds is 9. The first-order chi connectivity index (χ1) is 23.0. The van der Waals surface area contributed by atoms with Crippen molar-refractivity contribution in [3.05, 3.63) is 89.5 Å². The van der Waals surface area contributed by atoms with E-state index in [2.05, 4.69) is 0 Å². The van der Waals surface area contributed by atoms with E-state index in [-0.39, 0.29) is 22.6 Å². The largest absolute Gasteiger partial charge is 0.508 e. The first kappa shape index (κ1) is 33.4. The number of phenols is 2. The van der Waals surface area contributed by atoms with Crippen LogP contribution in [0.1, 0.15) is 54.7 Å². The van der Waals surface area contributed by atoms with Gasteiger partial charge in [-0.15, -0.1) is 0 Å². The summed E-state index contributed by atoms with van der Waals surface area (Å²) in [7, 11) is 0. The molecule has 6 rings (SSSR count). The number of aliphatic carboxylic acids is 1. The van der Waals surface area contributed by atoms with E-state index in [1.807, 2.05) is 30.3 Å². The van der Waals surface area contributed by atoms with E-state index < -0.39 is 66.9 Å². The zero-order chi connectivity index (χ0) is 34.2. The topological polar surface area (TPSA) is 197 Å². The summed E-state index contributed by atoms with van der Waals surface area (Å²) in [5.74, 6) is -3.26. The molecular weight excluding hydrogens is 622 g/mol. The van der Waals surface area contributed by atoms with Gasteiger partial charge in [-0.1, -0.05) is 55.3 Å². The van der Waals surface area contributed by atoms with Gasteiger partial charge in [0, 0.05) is 18.1 Å². The lowest BCUT2D eigenvalue weighted by Crippen LogP contribution is -2.60. The van der Waals surface area contributed by atoms with Crippen molar-refractivity contribution in [2.45, 2.75) is 80.2 Å². The molecule has 7 atom stereocenters. The van der Waals surface area contributed by atoms with Crippen LogP contribution in [0.15, 0.2) is 72.8 Å². The number of carboxylic acids is 1. The molecule has 0 spiro atoms. The van der Waals surface area contributed by atoms with Gasteiger partial charge in [-0.3, -0.25) is 9.69 Å². The Balaban J connectivity index is 1.42. The number of aromatic hydroxyl groups is 2. The number of ether oxygens (including phenoxy) is 2. The fraction of sp³-hybridized carbons (Fsp3) is 0.389. The van der Waals surface area contributed by atoms with Gasteiger partial charge in [0.05, 0.1) is 12.3 Å². The number of phenolic OH excluding ortho intramolecular Hbond substituents is 2. The first-order valence-corrected chi connectivity index (χ1v) is 16.0. The van der Waals surface area contributed by atoms with Crippen LogP contribution in [0.3, 0.4) is 0 Å². The third-order valence-corrected chi connectivity index (χ3v) is 9.88. The molecule has 0 radical (unpaired) electrons. The van der Waals surface area contributed by atoms with Crippen LogP contribution in [0, 0.1) is 0 Å². The number of amides is 1. The van der Waals surface area contributed by atoms with Crippen molar-refractivity contribution in [3.63, 3.8) is 0 Å². The van der Waals surface area contributed by atoms with E-state index in [4.69, 9.17) is 9.47 Å². The van der Waals surface area contributed by atoms with Crippen molar-refractivity contribution < 1.29 is 54.8 Å². The maximum Gasteiger partial charge on any atom is 0.327 e. The Bertz CT molecular complexity index is 1650. The van der Waals surface area contributed by atoms with Crippen molar-refractivity contribution in [2.75, 3.05) is 11.5 Å². The van der Waals surface area contributed by atoms with Crippen molar-refractivity contribution in [2.24, 2.45) is 0 Å². The Hall–Kier alpha value is -4.46. The Morgan fingerprint density at radius 3 is 2.27 bits per heavy atom. The molecule has 1 saturated carbocycles. The highest BCUT2D eigenvalue weighted by molar-refractivity contribution is 6.09. The van der Waals surface area contributed by atoms with Gasteiger partial charge >= 0.3 is 5.97 Å². The quantitative estimate of drug-likeness (QED) is 0.167. The van der Waals surface area contributed by atoms with E-state index in [0.29, 0.717) is 17.5 Å². The number of aliphatic hydroxyl groups excluding tert-OH is 4. The van der Waals surface area contributed by atoms with Gasteiger partial charge in [0.15, 0.2) is 11.5 Å². The summed E-state index contributed by atoms with van der Waals surface area (Å²) in [4.78, 5) is 28.2. The molecule has 7 N–H and O–H groups in total. The second-order valence-electron chi connectivity index (χ2n) is 12.8. The number of fused-ring (bicyclic) bond motifs is 1. The maximum absolute atomic E-state index is 14.0. The van der Waals surface area contributed by atoms with Crippen LogP contribution in [-0.2, 0) is 19.7 Å². The SMILES string of the molecule is O=C(O)C1C(CC2(c3ccccc3)CCCC2)c2cc(O)c(OC3OC(CO)C(O)C(O)C3O)cc2N1C(=O)C=Cc1ccc(O)cc1. The number of hydrogen-bond acceptors (Lipinski definition) is 10. The predicted octanol–water partition coefficient (Wildman–Crippen LogP) is 2.78. The van der Waals surface area contributed by atoms with E-state index in [1.165, 1.54) is 36.4 Å². The summed E-state index contributed by atoms with van der Waals surface area (Å²) >= 11 is 0. The van der Waals surface area contributed by atoms with Gasteiger partial charge in [-0.05, 0) is 65.6 Å². The molecule has 1 aliphatic carbocycles. The first-order valence-electron chi connectivity index (χ1n) is 16.0. The Labute approximate surface area is 276 Å². The molecule has 48 heavy (non-hydrogen) atoms. The van der Waals surface area contributed by atoms with Gasteiger partial charge in [0.25, 0.3) is 5.91 Å². The zero-order valence-corrected chi connectivity index (χ0v) is 26.0. The maximum atomic E-state index is 14.0. The number of hydrogen-bond donors (Lipinski definition) is 7. The van der Waals surface area contributed by atoms with Gasteiger partial charge in [0.2, 0.25) is 6.29 Å². The summed E-state index contributed by atoms with van der Waals surface area (Å²) in [5, 5.41) is 72.2.